The maximum absolute atomic E-state index is 5.76. The Kier molecular flexibility index (Phi) is 3.27. The van der Waals surface area contributed by atoms with E-state index in [1.165, 1.54) is 44.6 Å². The van der Waals surface area contributed by atoms with Crippen LogP contribution >= 0.6 is 0 Å². The van der Waals surface area contributed by atoms with Crippen molar-refractivity contribution < 1.29 is 0 Å². The molecule has 3 nitrogen and oxygen atoms in total. The molecule has 18 heavy (non-hydrogen) atoms. The van der Waals surface area contributed by atoms with E-state index in [0.717, 1.165) is 11.7 Å². The highest BCUT2D eigenvalue weighted by Crippen LogP contribution is 2.28. The molecule has 2 unspecified atom stereocenters. The number of fused-ring (bicyclic) bond motifs is 1. The van der Waals surface area contributed by atoms with E-state index < -0.39 is 0 Å². The van der Waals surface area contributed by atoms with E-state index in [-0.39, 0.29) is 0 Å². The first-order valence-electron chi connectivity index (χ1n) is 7.07. The predicted octanol–water partition coefficient (Wildman–Crippen LogP) is 2.11. The molecule has 1 aromatic rings. The number of nitrogens with zero attached hydrogens (tertiary/aromatic N) is 2. The van der Waals surface area contributed by atoms with Crippen LogP contribution in [0.3, 0.4) is 0 Å². The van der Waals surface area contributed by atoms with Gasteiger partial charge in [0.25, 0.3) is 0 Å². The zero-order valence-electron chi connectivity index (χ0n) is 11.2. The summed E-state index contributed by atoms with van der Waals surface area (Å²) in [5.41, 5.74) is 7.99. The van der Waals surface area contributed by atoms with Crippen molar-refractivity contribution >= 4 is 5.69 Å². The third kappa shape index (κ3) is 2.25. The van der Waals surface area contributed by atoms with Crippen molar-refractivity contribution in [3.63, 3.8) is 0 Å². The lowest BCUT2D eigenvalue weighted by Gasteiger charge is -2.40. The van der Waals surface area contributed by atoms with E-state index in [2.05, 4.69) is 28.9 Å². The van der Waals surface area contributed by atoms with Crippen LogP contribution in [0.2, 0.25) is 0 Å². The average Bonchev–Trinajstić information content (AvgIpc) is 2.86. The topological polar surface area (TPSA) is 32.5 Å². The van der Waals surface area contributed by atoms with Gasteiger partial charge in [-0.25, -0.2) is 0 Å². The van der Waals surface area contributed by atoms with Crippen LogP contribution in [0, 0.1) is 0 Å². The van der Waals surface area contributed by atoms with Crippen molar-refractivity contribution in [1.82, 2.24) is 9.80 Å². The van der Waals surface area contributed by atoms with E-state index in [4.69, 9.17) is 5.73 Å². The summed E-state index contributed by atoms with van der Waals surface area (Å²) in [6.45, 7) is 7.29. The fourth-order valence-electron chi connectivity index (χ4n) is 3.35. The number of rotatable bonds is 2. The minimum atomic E-state index is 0.508. The van der Waals surface area contributed by atoms with Gasteiger partial charge in [-0.1, -0.05) is 12.1 Å². The second kappa shape index (κ2) is 4.90. The van der Waals surface area contributed by atoms with Gasteiger partial charge >= 0.3 is 0 Å². The average molecular weight is 245 g/mol. The molecule has 0 spiro atoms. The summed E-state index contributed by atoms with van der Waals surface area (Å²) in [5, 5.41) is 0. The second-order valence-corrected chi connectivity index (χ2v) is 5.67. The SMILES string of the molecule is CC(c1ccc(N)cc1)N1CCN2CCCC2C1. The van der Waals surface area contributed by atoms with Gasteiger partial charge in [-0.3, -0.25) is 9.80 Å². The Balaban J connectivity index is 1.69. The maximum Gasteiger partial charge on any atom is 0.0321 e. The molecule has 2 N–H and O–H groups in total. The first-order valence-corrected chi connectivity index (χ1v) is 7.07. The fraction of sp³-hybridized carbons (Fsp3) is 0.600. The summed E-state index contributed by atoms with van der Waals surface area (Å²) < 4.78 is 0. The van der Waals surface area contributed by atoms with Crippen molar-refractivity contribution in [2.75, 3.05) is 31.9 Å². The molecule has 2 saturated heterocycles. The van der Waals surface area contributed by atoms with Crippen LogP contribution in [-0.4, -0.2) is 42.0 Å². The van der Waals surface area contributed by atoms with Gasteiger partial charge in [-0.05, 0) is 44.0 Å². The number of nitrogens with two attached hydrogens (primary N) is 1. The van der Waals surface area contributed by atoms with Crippen molar-refractivity contribution in [2.45, 2.75) is 31.8 Å². The highest BCUT2D eigenvalue weighted by molar-refractivity contribution is 5.40. The molecule has 2 atom stereocenters. The Bertz CT molecular complexity index is 401. The minimum absolute atomic E-state index is 0.508. The van der Waals surface area contributed by atoms with Gasteiger partial charge in [-0.15, -0.1) is 0 Å². The highest BCUT2D eigenvalue weighted by atomic mass is 15.3. The molecule has 2 aliphatic heterocycles. The molecule has 1 aromatic carbocycles. The highest BCUT2D eigenvalue weighted by Gasteiger charge is 2.32. The normalized spacial score (nSPS) is 27.1. The van der Waals surface area contributed by atoms with E-state index in [9.17, 15) is 0 Å². The van der Waals surface area contributed by atoms with Crippen molar-refractivity contribution in [3.8, 4) is 0 Å². The van der Waals surface area contributed by atoms with Crippen LogP contribution in [0.1, 0.15) is 31.4 Å². The first-order chi connectivity index (χ1) is 8.74. The molecule has 3 heteroatoms. The van der Waals surface area contributed by atoms with Crippen molar-refractivity contribution in [2.24, 2.45) is 0 Å². The molecular formula is C15H23N3. The number of hydrogen-bond acceptors (Lipinski definition) is 3. The van der Waals surface area contributed by atoms with Gasteiger partial charge in [0.05, 0.1) is 0 Å². The molecule has 0 aliphatic carbocycles. The number of nitrogen functional groups attached to an aromatic ring is 1. The van der Waals surface area contributed by atoms with Crippen LogP contribution in [0.5, 0.6) is 0 Å². The van der Waals surface area contributed by atoms with Gasteiger partial charge in [0.15, 0.2) is 0 Å². The van der Waals surface area contributed by atoms with E-state index in [0.29, 0.717) is 6.04 Å². The van der Waals surface area contributed by atoms with Crippen LogP contribution in [-0.2, 0) is 0 Å². The number of piperazine rings is 1. The Morgan fingerprint density at radius 3 is 2.72 bits per heavy atom. The van der Waals surface area contributed by atoms with E-state index in [1.807, 2.05) is 12.1 Å². The molecule has 0 saturated carbocycles. The Hall–Kier alpha value is -1.06. The third-order valence-electron chi connectivity index (χ3n) is 4.59. The summed E-state index contributed by atoms with van der Waals surface area (Å²) >= 11 is 0. The first kappa shape index (κ1) is 12.0. The zero-order valence-corrected chi connectivity index (χ0v) is 11.2. The van der Waals surface area contributed by atoms with Gasteiger partial charge < -0.3 is 5.73 Å². The summed E-state index contributed by atoms with van der Waals surface area (Å²) in [4.78, 5) is 5.28. The maximum atomic E-state index is 5.76. The summed E-state index contributed by atoms with van der Waals surface area (Å²) in [6, 6.07) is 9.67. The minimum Gasteiger partial charge on any atom is -0.399 e. The lowest BCUT2D eigenvalue weighted by molar-refractivity contribution is 0.0770. The Morgan fingerprint density at radius 1 is 1.17 bits per heavy atom. The number of anilines is 1. The quantitative estimate of drug-likeness (QED) is 0.810. The van der Waals surface area contributed by atoms with Gasteiger partial charge in [-0.2, -0.15) is 0 Å². The van der Waals surface area contributed by atoms with E-state index in [1.54, 1.807) is 0 Å². The number of hydrogen-bond donors (Lipinski definition) is 1. The Labute approximate surface area is 110 Å². The number of benzene rings is 1. The van der Waals surface area contributed by atoms with Gasteiger partial charge in [0, 0.05) is 37.4 Å². The molecule has 2 heterocycles. The van der Waals surface area contributed by atoms with Gasteiger partial charge in [0.2, 0.25) is 0 Å². The third-order valence-corrected chi connectivity index (χ3v) is 4.59. The van der Waals surface area contributed by atoms with E-state index >= 15 is 0 Å². The Morgan fingerprint density at radius 2 is 1.94 bits per heavy atom. The molecule has 98 valence electrons. The molecule has 0 amide bonds. The monoisotopic (exact) mass is 245 g/mol. The second-order valence-electron chi connectivity index (χ2n) is 5.67. The van der Waals surface area contributed by atoms with Crippen LogP contribution < -0.4 is 5.73 Å². The molecule has 0 aromatic heterocycles. The molecular weight excluding hydrogens is 222 g/mol. The summed E-state index contributed by atoms with van der Waals surface area (Å²) in [6.07, 6.45) is 2.76. The largest absolute Gasteiger partial charge is 0.399 e. The smallest absolute Gasteiger partial charge is 0.0321 e. The molecule has 0 radical (unpaired) electrons. The standard InChI is InChI=1S/C15H23N3/c1-12(13-4-6-14(16)7-5-13)18-10-9-17-8-2-3-15(17)11-18/h4-7,12,15H,2-3,8-11,16H2,1H3. The van der Waals surface area contributed by atoms with Gasteiger partial charge in [0.1, 0.15) is 0 Å². The summed E-state index contributed by atoms with van der Waals surface area (Å²) in [5.74, 6) is 0. The lowest BCUT2D eigenvalue weighted by atomic mass is 10.0. The van der Waals surface area contributed by atoms with Crippen LogP contribution in [0.4, 0.5) is 5.69 Å². The van der Waals surface area contributed by atoms with Crippen molar-refractivity contribution in [3.05, 3.63) is 29.8 Å². The predicted molar refractivity (Wildman–Crippen MR) is 75.4 cm³/mol. The molecule has 3 rings (SSSR count). The summed E-state index contributed by atoms with van der Waals surface area (Å²) in [7, 11) is 0. The van der Waals surface area contributed by atoms with Crippen LogP contribution in [0.15, 0.2) is 24.3 Å². The fourth-order valence-corrected chi connectivity index (χ4v) is 3.35. The van der Waals surface area contributed by atoms with Crippen molar-refractivity contribution in [1.29, 1.82) is 0 Å². The molecule has 0 bridgehead atoms. The van der Waals surface area contributed by atoms with Crippen LogP contribution in [0.25, 0.3) is 0 Å². The zero-order chi connectivity index (χ0) is 12.5. The molecule has 2 aliphatic rings. The molecule has 2 fully saturated rings. The lowest BCUT2D eigenvalue weighted by Crippen LogP contribution is -2.50.